The zero-order chi connectivity index (χ0) is 26.4. The average Bonchev–Trinajstić information content (AvgIpc) is 3.10. The Morgan fingerprint density at radius 2 is 1.61 bits per heavy atom. The van der Waals surface area contributed by atoms with E-state index >= 15 is 0 Å². The van der Waals surface area contributed by atoms with E-state index in [-0.39, 0.29) is 34.7 Å². The van der Waals surface area contributed by atoms with Gasteiger partial charge in [0.25, 0.3) is 0 Å². The topological polar surface area (TPSA) is 102 Å². The van der Waals surface area contributed by atoms with E-state index in [1.54, 1.807) is 0 Å². The molecule has 0 bridgehead atoms. The second kappa shape index (κ2) is 10.3. The van der Waals surface area contributed by atoms with Crippen molar-refractivity contribution in [2.24, 2.45) is 46.3 Å². The molecular formula is C29H47NO6. The molecule has 0 aromatic rings. The number of esters is 2. The van der Waals surface area contributed by atoms with Gasteiger partial charge in [0.2, 0.25) is 0 Å². The molecule has 0 saturated heterocycles. The van der Waals surface area contributed by atoms with Crippen molar-refractivity contribution >= 4 is 17.9 Å². The molecule has 4 fully saturated rings. The largest absolute Gasteiger partial charge is 0.481 e. The highest BCUT2D eigenvalue weighted by atomic mass is 16.6. The van der Waals surface area contributed by atoms with Gasteiger partial charge in [-0.05, 0) is 98.3 Å². The molecule has 4 aliphatic rings. The van der Waals surface area contributed by atoms with Crippen molar-refractivity contribution in [1.82, 2.24) is 5.32 Å². The summed E-state index contributed by atoms with van der Waals surface area (Å²) in [5.41, 5.74) is -0.270. The summed E-state index contributed by atoms with van der Waals surface area (Å²) < 4.78 is 11.5. The number of carboxylic acids is 1. The van der Waals surface area contributed by atoms with Crippen molar-refractivity contribution in [2.75, 3.05) is 6.54 Å². The molecule has 0 amide bonds. The van der Waals surface area contributed by atoms with Gasteiger partial charge in [0.15, 0.2) is 0 Å². The molecule has 0 aromatic carbocycles. The maximum atomic E-state index is 12.3. The Labute approximate surface area is 216 Å². The van der Waals surface area contributed by atoms with Gasteiger partial charge < -0.3 is 19.9 Å². The third-order valence-corrected chi connectivity index (χ3v) is 10.7. The van der Waals surface area contributed by atoms with Gasteiger partial charge in [-0.25, -0.2) is 0 Å². The van der Waals surface area contributed by atoms with Crippen LogP contribution in [0.1, 0.15) is 92.9 Å². The summed E-state index contributed by atoms with van der Waals surface area (Å²) >= 11 is 0. The third kappa shape index (κ3) is 4.93. The normalized spacial score (nSPS) is 43.8. The minimum atomic E-state index is -0.643. The average molecular weight is 506 g/mol. The van der Waals surface area contributed by atoms with Crippen LogP contribution in [0.2, 0.25) is 0 Å². The number of hydrogen-bond acceptors (Lipinski definition) is 6. The second-order valence-electron chi connectivity index (χ2n) is 13.2. The zero-order valence-corrected chi connectivity index (χ0v) is 23.0. The fraction of sp³-hybridized carbons (Fsp3) is 0.897. The van der Waals surface area contributed by atoms with Crippen molar-refractivity contribution in [2.45, 2.75) is 111 Å². The molecule has 0 aromatic heterocycles. The van der Waals surface area contributed by atoms with Gasteiger partial charge >= 0.3 is 17.9 Å². The fourth-order valence-electron chi connectivity index (χ4n) is 9.25. The maximum absolute atomic E-state index is 12.3. The van der Waals surface area contributed by atoms with Crippen LogP contribution in [0.5, 0.6) is 0 Å². The lowest BCUT2D eigenvalue weighted by Gasteiger charge is -2.64. The predicted molar refractivity (Wildman–Crippen MR) is 136 cm³/mol. The van der Waals surface area contributed by atoms with Gasteiger partial charge in [0, 0.05) is 19.9 Å². The van der Waals surface area contributed by atoms with Crippen molar-refractivity contribution in [1.29, 1.82) is 0 Å². The lowest BCUT2D eigenvalue weighted by atomic mass is 9.43. The molecule has 0 radical (unpaired) electrons. The quantitative estimate of drug-likeness (QED) is 0.478. The molecule has 4 aliphatic carbocycles. The first kappa shape index (κ1) is 27.4. The van der Waals surface area contributed by atoms with E-state index in [0.717, 1.165) is 51.5 Å². The zero-order valence-electron chi connectivity index (χ0n) is 23.0. The summed E-state index contributed by atoms with van der Waals surface area (Å²) in [4.78, 5) is 36.2. The van der Waals surface area contributed by atoms with Crippen LogP contribution in [-0.4, -0.2) is 47.8 Å². The smallest absolute Gasteiger partial charge is 0.307 e. The molecule has 4 saturated carbocycles. The van der Waals surface area contributed by atoms with Crippen LogP contribution in [0.3, 0.4) is 0 Å². The summed E-state index contributed by atoms with van der Waals surface area (Å²) in [5.74, 6) is 0.623. The molecule has 10 atom stereocenters. The number of carboxylic acid groups (broad SMARTS) is 1. The minimum Gasteiger partial charge on any atom is -0.481 e. The number of carbonyl (C=O) groups excluding carboxylic acids is 2. The predicted octanol–water partition coefficient (Wildman–Crippen LogP) is 4.82. The van der Waals surface area contributed by atoms with Crippen molar-refractivity contribution < 1.29 is 29.0 Å². The van der Waals surface area contributed by atoms with Crippen LogP contribution in [0.25, 0.3) is 0 Å². The second-order valence-corrected chi connectivity index (χ2v) is 13.2. The van der Waals surface area contributed by atoms with Crippen LogP contribution < -0.4 is 5.32 Å². The summed E-state index contributed by atoms with van der Waals surface area (Å²) in [5, 5.41) is 14.0. The number of rotatable bonds is 7. The van der Waals surface area contributed by atoms with Gasteiger partial charge in [0.05, 0.1) is 5.92 Å². The Bertz CT molecular complexity index is 859. The molecular weight excluding hydrogens is 458 g/mol. The van der Waals surface area contributed by atoms with Gasteiger partial charge in [-0.2, -0.15) is 0 Å². The molecule has 36 heavy (non-hydrogen) atoms. The molecule has 0 spiro atoms. The van der Waals surface area contributed by atoms with E-state index in [0.29, 0.717) is 36.0 Å². The highest BCUT2D eigenvalue weighted by Gasteiger charge is 2.65. The van der Waals surface area contributed by atoms with Gasteiger partial charge in [0.1, 0.15) is 12.2 Å². The van der Waals surface area contributed by atoms with Crippen molar-refractivity contribution in [3.05, 3.63) is 0 Å². The number of nitrogens with one attached hydrogen (secondary N) is 1. The SMILES string of the molecule is CC(=O)O[C@H]1C[C@@H]2CC[C@@H]3[C@H]([C@H](NCCC(C)C)C[C@]4(C)[C@@H](C(=O)O)CC[C@@H]34)[C@@]2(C)C[C@@H]1OC(C)=O. The standard InChI is InChI=1S/C29H47NO6/c1-16(2)11-12-30-23-14-29(6)21(9-10-22(29)27(33)34)20-8-7-19-13-24(35-17(3)31)25(36-18(4)32)15-28(19,5)26(20)23/h16,19-26,30H,7-15H2,1-6H3,(H,33,34)/t19-,20-,21-,22+,23+,24-,25-,26+,28-,29-/m0/s1. The maximum Gasteiger partial charge on any atom is 0.307 e. The Kier molecular flexibility index (Phi) is 7.81. The van der Waals surface area contributed by atoms with Gasteiger partial charge in [-0.1, -0.05) is 27.7 Å². The van der Waals surface area contributed by atoms with E-state index < -0.39 is 18.2 Å². The summed E-state index contributed by atoms with van der Waals surface area (Å²) in [6.07, 6.45) is 6.41. The highest BCUT2D eigenvalue weighted by molar-refractivity contribution is 5.71. The summed E-state index contributed by atoms with van der Waals surface area (Å²) in [6.45, 7) is 12.9. The number of ether oxygens (including phenoxy) is 2. The first-order chi connectivity index (χ1) is 16.9. The molecule has 204 valence electrons. The number of aliphatic carboxylic acids is 1. The van der Waals surface area contributed by atoms with E-state index in [9.17, 15) is 19.5 Å². The van der Waals surface area contributed by atoms with E-state index in [2.05, 4.69) is 33.0 Å². The molecule has 0 heterocycles. The van der Waals surface area contributed by atoms with Crippen LogP contribution in [0.15, 0.2) is 0 Å². The van der Waals surface area contributed by atoms with Crippen LogP contribution in [-0.2, 0) is 23.9 Å². The Morgan fingerprint density at radius 3 is 2.22 bits per heavy atom. The van der Waals surface area contributed by atoms with Crippen molar-refractivity contribution in [3.8, 4) is 0 Å². The Hall–Kier alpha value is -1.63. The number of hydrogen-bond donors (Lipinski definition) is 2. The molecule has 2 N–H and O–H groups in total. The van der Waals surface area contributed by atoms with E-state index in [1.165, 1.54) is 13.8 Å². The van der Waals surface area contributed by atoms with Gasteiger partial charge in [-0.3, -0.25) is 14.4 Å². The summed E-state index contributed by atoms with van der Waals surface area (Å²) in [6, 6.07) is 0.228. The molecule has 4 rings (SSSR count). The third-order valence-electron chi connectivity index (χ3n) is 10.7. The molecule has 7 heteroatoms. The lowest BCUT2D eigenvalue weighted by molar-refractivity contribution is -0.199. The lowest BCUT2D eigenvalue weighted by Crippen LogP contribution is -2.64. The first-order valence-corrected chi connectivity index (χ1v) is 14.2. The van der Waals surface area contributed by atoms with Crippen LogP contribution >= 0.6 is 0 Å². The van der Waals surface area contributed by atoms with E-state index in [4.69, 9.17) is 9.47 Å². The Morgan fingerprint density at radius 1 is 0.944 bits per heavy atom. The number of carbonyl (C=O) groups is 3. The number of fused-ring (bicyclic) bond motifs is 5. The van der Waals surface area contributed by atoms with Crippen molar-refractivity contribution in [3.63, 3.8) is 0 Å². The van der Waals surface area contributed by atoms with Crippen LogP contribution in [0.4, 0.5) is 0 Å². The Balaban J connectivity index is 1.68. The fourth-order valence-corrected chi connectivity index (χ4v) is 9.25. The highest BCUT2D eigenvalue weighted by Crippen LogP contribution is 2.67. The molecule has 0 unspecified atom stereocenters. The molecule has 7 nitrogen and oxygen atoms in total. The van der Waals surface area contributed by atoms with E-state index in [1.807, 2.05) is 0 Å². The van der Waals surface area contributed by atoms with Gasteiger partial charge in [-0.15, -0.1) is 0 Å². The first-order valence-electron chi connectivity index (χ1n) is 14.2. The summed E-state index contributed by atoms with van der Waals surface area (Å²) in [7, 11) is 0. The monoisotopic (exact) mass is 505 g/mol. The molecule has 0 aliphatic heterocycles. The minimum absolute atomic E-state index is 0.0716. The van der Waals surface area contributed by atoms with Crippen LogP contribution in [0, 0.1) is 46.3 Å².